The first-order chi connectivity index (χ1) is 3.63. The van der Waals surface area contributed by atoms with E-state index in [0.717, 1.165) is 0 Å². The summed E-state index contributed by atoms with van der Waals surface area (Å²) in [5.74, 6) is 5.15. The maximum atomic E-state index is 8.57. The quantitative estimate of drug-likeness (QED) is 0.424. The van der Waals surface area contributed by atoms with Crippen LogP contribution in [0.1, 0.15) is 13.8 Å². The lowest BCUT2D eigenvalue weighted by atomic mass is 10.3. The van der Waals surface area contributed by atoms with Gasteiger partial charge in [-0.1, -0.05) is 11.8 Å². The first-order valence-electron chi connectivity index (χ1n) is 2.57. The predicted octanol–water partition coefficient (Wildman–Crippen LogP) is -0.282. The van der Waals surface area contributed by atoms with Gasteiger partial charge < -0.3 is 10.8 Å². The second kappa shape index (κ2) is 3.48. The highest BCUT2D eigenvalue weighted by Crippen LogP contribution is 1.74. The van der Waals surface area contributed by atoms with Crippen LogP contribution in [0.2, 0.25) is 0 Å². The summed E-state index contributed by atoms with van der Waals surface area (Å²) in [5.41, 5.74) is 5.26. The number of hydrogen-bond donors (Lipinski definition) is 2. The van der Waals surface area contributed by atoms with Gasteiger partial charge in [0.05, 0.1) is 6.04 Å². The lowest BCUT2D eigenvalue weighted by molar-refractivity contribution is 0.253. The number of aliphatic hydroxyl groups is 1. The molecule has 0 aliphatic carbocycles. The molecular formula is C6H11NO. The summed E-state index contributed by atoms with van der Waals surface area (Å²) in [4.78, 5) is 0. The third kappa shape index (κ3) is 5.48. The van der Waals surface area contributed by atoms with Crippen LogP contribution in [0.3, 0.4) is 0 Å². The number of hydrogen-bond acceptors (Lipinski definition) is 2. The normalized spacial score (nSPS) is 16.0. The van der Waals surface area contributed by atoms with Crippen LogP contribution >= 0.6 is 0 Å². The van der Waals surface area contributed by atoms with E-state index in [1.54, 1.807) is 13.8 Å². The van der Waals surface area contributed by atoms with Crippen LogP contribution in [0, 0.1) is 11.8 Å². The Morgan fingerprint density at radius 1 is 1.38 bits per heavy atom. The molecule has 0 unspecified atom stereocenters. The van der Waals surface area contributed by atoms with Crippen LogP contribution in [0.4, 0.5) is 0 Å². The van der Waals surface area contributed by atoms with E-state index in [4.69, 9.17) is 10.8 Å². The maximum absolute atomic E-state index is 8.57. The van der Waals surface area contributed by atoms with Crippen molar-refractivity contribution in [1.29, 1.82) is 0 Å². The third-order valence-corrected chi connectivity index (χ3v) is 0.520. The Morgan fingerprint density at radius 3 is 2.00 bits per heavy atom. The molecule has 46 valence electrons. The average Bonchev–Trinajstić information content (AvgIpc) is 1.61. The molecule has 0 amide bonds. The Bertz CT molecular complexity index is 95.4. The highest BCUT2D eigenvalue weighted by Gasteiger charge is 1.84. The highest BCUT2D eigenvalue weighted by atomic mass is 16.3. The number of nitrogens with two attached hydrogens (primary N) is 1. The summed E-state index contributed by atoms with van der Waals surface area (Å²) in [6.45, 7) is 3.38. The van der Waals surface area contributed by atoms with Crippen molar-refractivity contribution in [3.05, 3.63) is 0 Å². The molecule has 0 aromatic carbocycles. The Kier molecular flexibility index (Phi) is 3.25. The summed E-state index contributed by atoms with van der Waals surface area (Å²) in [7, 11) is 0. The molecule has 2 atom stereocenters. The fourth-order valence-electron chi connectivity index (χ4n) is 0.252. The molecule has 3 N–H and O–H groups in total. The standard InChI is InChI=1S/C6H11NO/c1-5(7)3-4-6(2)8/h5-6,8H,7H2,1-2H3/t5-,6-/m0/s1. The van der Waals surface area contributed by atoms with Gasteiger partial charge in [-0.25, -0.2) is 0 Å². The van der Waals surface area contributed by atoms with E-state index < -0.39 is 6.10 Å². The summed E-state index contributed by atoms with van der Waals surface area (Å²) < 4.78 is 0. The molecule has 0 spiro atoms. The van der Waals surface area contributed by atoms with Crippen molar-refractivity contribution >= 4 is 0 Å². The second-order valence-corrected chi connectivity index (χ2v) is 1.75. The summed E-state index contributed by atoms with van der Waals surface area (Å²) in [6, 6.07) is -0.135. The molecule has 2 nitrogen and oxygen atoms in total. The Balaban J connectivity index is 3.50. The molecule has 0 saturated carbocycles. The van der Waals surface area contributed by atoms with Crippen LogP contribution in [-0.2, 0) is 0 Å². The van der Waals surface area contributed by atoms with Gasteiger partial charge >= 0.3 is 0 Å². The molecule has 0 bridgehead atoms. The van der Waals surface area contributed by atoms with E-state index in [9.17, 15) is 0 Å². The summed E-state index contributed by atoms with van der Waals surface area (Å²) in [5, 5.41) is 8.57. The molecule has 0 fully saturated rings. The van der Waals surface area contributed by atoms with Gasteiger partial charge in [0.15, 0.2) is 0 Å². The first-order valence-corrected chi connectivity index (χ1v) is 2.57. The van der Waals surface area contributed by atoms with Crippen LogP contribution in [0.25, 0.3) is 0 Å². The molecule has 0 aliphatic rings. The minimum absolute atomic E-state index is 0.135. The zero-order valence-electron chi connectivity index (χ0n) is 5.18. The van der Waals surface area contributed by atoms with Gasteiger partial charge in [0.25, 0.3) is 0 Å². The second-order valence-electron chi connectivity index (χ2n) is 1.75. The van der Waals surface area contributed by atoms with Gasteiger partial charge in [-0.3, -0.25) is 0 Å². The lowest BCUT2D eigenvalue weighted by Crippen LogP contribution is -2.12. The zero-order chi connectivity index (χ0) is 6.57. The van der Waals surface area contributed by atoms with Crippen molar-refractivity contribution in [3.63, 3.8) is 0 Å². The SMILES string of the molecule is C[C@H](N)C#C[C@H](C)O. The minimum atomic E-state index is -0.555. The van der Waals surface area contributed by atoms with E-state index in [0.29, 0.717) is 0 Å². The van der Waals surface area contributed by atoms with Crippen molar-refractivity contribution in [3.8, 4) is 11.8 Å². The van der Waals surface area contributed by atoms with Crippen LogP contribution in [0.15, 0.2) is 0 Å². The Morgan fingerprint density at radius 2 is 1.88 bits per heavy atom. The minimum Gasteiger partial charge on any atom is -0.381 e. The third-order valence-electron chi connectivity index (χ3n) is 0.520. The smallest absolute Gasteiger partial charge is 0.112 e. The predicted molar refractivity (Wildman–Crippen MR) is 33.1 cm³/mol. The van der Waals surface area contributed by atoms with Crippen LogP contribution in [-0.4, -0.2) is 17.3 Å². The molecule has 0 heterocycles. The lowest BCUT2D eigenvalue weighted by Gasteiger charge is -1.90. The Hall–Kier alpha value is -0.520. The molecule has 0 aromatic rings. The molecule has 0 rings (SSSR count). The monoisotopic (exact) mass is 113 g/mol. The van der Waals surface area contributed by atoms with Crippen molar-refractivity contribution in [2.24, 2.45) is 5.73 Å². The Labute approximate surface area is 49.7 Å². The van der Waals surface area contributed by atoms with E-state index in [1.807, 2.05) is 0 Å². The fraction of sp³-hybridized carbons (Fsp3) is 0.667. The molecule has 0 radical (unpaired) electrons. The molecule has 2 heteroatoms. The van der Waals surface area contributed by atoms with Crippen molar-refractivity contribution in [2.45, 2.75) is 26.0 Å². The van der Waals surface area contributed by atoms with Gasteiger partial charge in [-0.15, -0.1) is 0 Å². The van der Waals surface area contributed by atoms with E-state index in [-0.39, 0.29) is 6.04 Å². The van der Waals surface area contributed by atoms with Crippen molar-refractivity contribution in [1.82, 2.24) is 0 Å². The topological polar surface area (TPSA) is 46.2 Å². The van der Waals surface area contributed by atoms with Crippen LogP contribution < -0.4 is 5.73 Å². The molecule has 8 heavy (non-hydrogen) atoms. The largest absolute Gasteiger partial charge is 0.381 e. The molecular weight excluding hydrogens is 102 g/mol. The van der Waals surface area contributed by atoms with E-state index >= 15 is 0 Å². The fourth-order valence-corrected chi connectivity index (χ4v) is 0.252. The molecule has 0 saturated heterocycles. The van der Waals surface area contributed by atoms with Crippen LogP contribution in [0.5, 0.6) is 0 Å². The first kappa shape index (κ1) is 7.48. The summed E-state index contributed by atoms with van der Waals surface area (Å²) in [6.07, 6.45) is -0.555. The van der Waals surface area contributed by atoms with Gasteiger partial charge in [0.1, 0.15) is 6.10 Å². The maximum Gasteiger partial charge on any atom is 0.112 e. The molecule has 0 aromatic heterocycles. The van der Waals surface area contributed by atoms with E-state index in [2.05, 4.69) is 11.8 Å². The van der Waals surface area contributed by atoms with Gasteiger partial charge in [-0.2, -0.15) is 0 Å². The van der Waals surface area contributed by atoms with Gasteiger partial charge in [-0.05, 0) is 13.8 Å². The number of aliphatic hydroxyl groups excluding tert-OH is 1. The molecule has 0 aliphatic heterocycles. The summed E-state index contributed by atoms with van der Waals surface area (Å²) >= 11 is 0. The van der Waals surface area contributed by atoms with Gasteiger partial charge in [0, 0.05) is 0 Å². The zero-order valence-corrected chi connectivity index (χ0v) is 5.18. The van der Waals surface area contributed by atoms with Gasteiger partial charge in [0.2, 0.25) is 0 Å². The van der Waals surface area contributed by atoms with Crippen molar-refractivity contribution in [2.75, 3.05) is 0 Å². The average molecular weight is 113 g/mol. The highest BCUT2D eigenvalue weighted by molar-refractivity contribution is 5.07. The van der Waals surface area contributed by atoms with Crippen molar-refractivity contribution < 1.29 is 5.11 Å². The number of rotatable bonds is 0. The van der Waals surface area contributed by atoms with E-state index in [1.165, 1.54) is 0 Å².